The molecular weight excluding hydrogens is 488 g/mol. The van der Waals surface area contributed by atoms with Crippen molar-refractivity contribution in [3.8, 4) is 11.5 Å². The van der Waals surface area contributed by atoms with Gasteiger partial charge in [-0.25, -0.2) is 27.2 Å². The predicted octanol–water partition coefficient (Wildman–Crippen LogP) is 4.65. The van der Waals surface area contributed by atoms with Crippen LogP contribution in [0.25, 0.3) is 0 Å². The number of halogens is 3. The Bertz CT molecular complexity index is 1230. The van der Waals surface area contributed by atoms with E-state index in [1.54, 1.807) is 30.3 Å². The Morgan fingerprint density at radius 2 is 1.68 bits per heavy atom. The van der Waals surface area contributed by atoms with Gasteiger partial charge in [0.25, 0.3) is 0 Å². The fraction of sp³-hybridized carbons (Fsp3) is 0.304. The second-order valence-corrected chi connectivity index (χ2v) is 10.1. The van der Waals surface area contributed by atoms with Crippen LogP contribution in [0.1, 0.15) is 30.7 Å². The summed E-state index contributed by atoms with van der Waals surface area (Å²) in [7, 11) is -3.49. The number of hydrogen-bond acceptors (Lipinski definition) is 6. The normalized spacial score (nSPS) is 11.8. The highest BCUT2D eigenvalue weighted by Gasteiger charge is 2.26. The van der Waals surface area contributed by atoms with Crippen molar-refractivity contribution in [3.05, 3.63) is 77.1 Å². The van der Waals surface area contributed by atoms with Crippen molar-refractivity contribution in [2.24, 2.45) is 0 Å². The van der Waals surface area contributed by atoms with Crippen molar-refractivity contribution in [1.82, 2.24) is 9.97 Å². The summed E-state index contributed by atoms with van der Waals surface area (Å²) in [6.45, 7) is 3.80. The molecule has 0 aliphatic heterocycles. The molecule has 1 N–H and O–H groups in total. The predicted molar refractivity (Wildman–Crippen MR) is 126 cm³/mol. The molecule has 182 valence electrons. The van der Waals surface area contributed by atoms with Gasteiger partial charge in [0.1, 0.15) is 19.0 Å². The quantitative estimate of drug-likeness (QED) is 0.398. The number of sulfonamides is 1. The molecule has 1 aromatic heterocycles. The van der Waals surface area contributed by atoms with E-state index in [1.165, 1.54) is 18.3 Å². The highest BCUT2D eigenvalue weighted by atomic mass is 35.5. The number of nitrogens with zero attached hydrogens (tertiary/aromatic N) is 2. The molecular formula is C23H24ClF2N3O4S. The Kier molecular flexibility index (Phi) is 7.93. The van der Waals surface area contributed by atoms with Gasteiger partial charge in [0.2, 0.25) is 16.0 Å². The molecule has 11 heteroatoms. The molecule has 0 aliphatic rings. The summed E-state index contributed by atoms with van der Waals surface area (Å²) in [5, 5.41) is 0. The average Bonchev–Trinajstić information content (AvgIpc) is 2.76. The third-order valence-electron chi connectivity index (χ3n) is 5.00. The van der Waals surface area contributed by atoms with Crippen LogP contribution < -0.4 is 14.2 Å². The molecule has 0 fully saturated rings. The minimum Gasteiger partial charge on any atom is -0.487 e. The highest BCUT2D eigenvalue weighted by molar-refractivity contribution is 7.91. The molecule has 0 aliphatic carbocycles. The van der Waals surface area contributed by atoms with Gasteiger partial charge in [0, 0.05) is 11.6 Å². The summed E-state index contributed by atoms with van der Waals surface area (Å²) in [6.07, 6.45) is 2.43. The van der Waals surface area contributed by atoms with Crippen molar-refractivity contribution < 1.29 is 26.7 Å². The number of ether oxygens (including phenoxy) is 2. The number of anilines is 1. The second kappa shape index (κ2) is 10.5. The number of aromatic nitrogens is 2. The van der Waals surface area contributed by atoms with Gasteiger partial charge in [-0.1, -0.05) is 26.0 Å². The zero-order valence-electron chi connectivity index (χ0n) is 18.8. The van der Waals surface area contributed by atoms with E-state index in [-0.39, 0.29) is 25.0 Å². The van der Waals surface area contributed by atoms with E-state index < -0.39 is 32.8 Å². The first-order chi connectivity index (χ1) is 16.0. The van der Waals surface area contributed by atoms with Crippen molar-refractivity contribution in [1.29, 1.82) is 0 Å². The van der Waals surface area contributed by atoms with Crippen LogP contribution in [-0.4, -0.2) is 37.1 Å². The van der Waals surface area contributed by atoms with E-state index in [0.717, 1.165) is 11.8 Å². The average molecular weight is 512 g/mol. The summed E-state index contributed by atoms with van der Waals surface area (Å²) < 4.78 is 64.5. The van der Waals surface area contributed by atoms with Crippen molar-refractivity contribution in [3.63, 3.8) is 0 Å². The van der Waals surface area contributed by atoms with Gasteiger partial charge in [-0.05, 0) is 41.5 Å². The van der Waals surface area contributed by atoms with E-state index in [2.05, 4.69) is 14.7 Å². The number of hydrogen-bond donors (Lipinski definition) is 1. The lowest BCUT2D eigenvalue weighted by Crippen LogP contribution is -2.20. The molecule has 3 rings (SSSR count). The summed E-state index contributed by atoms with van der Waals surface area (Å²) >= 11 is 5.53. The first kappa shape index (κ1) is 25.6. The van der Waals surface area contributed by atoms with Crippen LogP contribution in [0.4, 0.5) is 14.7 Å². The van der Waals surface area contributed by atoms with Crippen molar-refractivity contribution in [2.45, 2.75) is 25.9 Å². The molecule has 7 nitrogen and oxygen atoms in total. The molecule has 0 unspecified atom stereocenters. The zero-order chi connectivity index (χ0) is 24.9. The zero-order valence-corrected chi connectivity index (χ0v) is 20.4. The van der Waals surface area contributed by atoms with E-state index in [1.807, 2.05) is 13.8 Å². The maximum absolute atomic E-state index is 14.4. The van der Waals surface area contributed by atoms with E-state index in [9.17, 15) is 17.2 Å². The van der Waals surface area contributed by atoms with Crippen LogP contribution in [-0.2, 0) is 22.0 Å². The van der Waals surface area contributed by atoms with E-state index in [0.29, 0.717) is 17.0 Å². The molecule has 0 bridgehead atoms. The molecule has 0 amide bonds. The highest BCUT2D eigenvalue weighted by Crippen LogP contribution is 2.36. The number of rotatable bonds is 10. The smallest absolute Gasteiger partial charge is 0.236 e. The lowest BCUT2D eigenvalue weighted by Gasteiger charge is -2.27. The van der Waals surface area contributed by atoms with E-state index >= 15 is 0 Å². The molecule has 0 saturated heterocycles. The molecule has 0 atom stereocenters. The first-order valence-corrected chi connectivity index (χ1v) is 12.6. The Hall–Kier alpha value is -2.98. The maximum Gasteiger partial charge on any atom is 0.236 e. The fourth-order valence-electron chi connectivity index (χ4n) is 3.18. The van der Waals surface area contributed by atoms with Crippen LogP contribution in [0.5, 0.6) is 11.5 Å². The van der Waals surface area contributed by atoms with Crippen LogP contribution in [0.15, 0.2) is 48.7 Å². The van der Waals surface area contributed by atoms with Gasteiger partial charge in [-0.2, -0.15) is 0 Å². The number of nitrogens with one attached hydrogen (secondary N) is 1. The Morgan fingerprint density at radius 3 is 2.26 bits per heavy atom. The minimum absolute atomic E-state index is 0.00411. The molecule has 3 aromatic rings. The lowest BCUT2D eigenvalue weighted by atomic mass is 9.78. The number of benzene rings is 2. The molecule has 34 heavy (non-hydrogen) atoms. The van der Waals surface area contributed by atoms with Crippen molar-refractivity contribution >= 4 is 27.6 Å². The second-order valence-electron chi connectivity index (χ2n) is 7.99. The van der Waals surface area contributed by atoms with Crippen LogP contribution in [0.2, 0.25) is 0 Å². The third kappa shape index (κ3) is 6.54. The SMILES string of the molecule is CC(C)(c1ccc(OCc2ccnc(NS(C)(=O)=O)n2)cc1)c1cc(F)c(OCCCl)c(F)c1. The largest absolute Gasteiger partial charge is 0.487 e. The van der Waals surface area contributed by atoms with Gasteiger partial charge >= 0.3 is 0 Å². The topological polar surface area (TPSA) is 90.4 Å². The first-order valence-electron chi connectivity index (χ1n) is 10.2. The third-order valence-corrected chi connectivity index (χ3v) is 5.70. The maximum atomic E-state index is 14.4. The molecule has 0 spiro atoms. The lowest BCUT2D eigenvalue weighted by molar-refractivity contribution is 0.301. The molecule has 2 aromatic carbocycles. The summed E-state index contributed by atoms with van der Waals surface area (Å²) in [5.74, 6) is -1.40. The monoisotopic (exact) mass is 511 g/mol. The Labute approximate surface area is 202 Å². The van der Waals surface area contributed by atoms with Gasteiger partial charge in [0.15, 0.2) is 17.4 Å². The Morgan fingerprint density at radius 1 is 1.03 bits per heavy atom. The minimum atomic E-state index is -3.49. The van der Waals surface area contributed by atoms with Crippen LogP contribution in [0, 0.1) is 11.6 Å². The number of alkyl halides is 1. The van der Waals surface area contributed by atoms with Gasteiger partial charge in [-0.3, -0.25) is 4.72 Å². The fourth-order valence-corrected chi connectivity index (χ4v) is 3.69. The summed E-state index contributed by atoms with van der Waals surface area (Å²) in [4.78, 5) is 7.95. The molecule has 1 heterocycles. The van der Waals surface area contributed by atoms with Crippen LogP contribution in [0.3, 0.4) is 0 Å². The molecule has 0 saturated carbocycles. The van der Waals surface area contributed by atoms with Crippen molar-refractivity contribution in [2.75, 3.05) is 23.5 Å². The van der Waals surface area contributed by atoms with Gasteiger partial charge < -0.3 is 9.47 Å². The van der Waals surface area contributed by atoms with Gasteiger partial charge in [0.05, 0.1) is 17.8 Å². The molecule has 0 radical (unpaired) electrons. The Balaban J connectivity index is 1.72. The van der Waals surface area contributed by atoms with Gasteiger partial charge in [-0.15, -0.1) is 11.6 Å². The standard InChI is InChI=1S/C23H24ClF2N3O4S/c1-23(2,16-12-19(25)21(20(26)13-16)32-11-9-24)15-4-6-18(7-5-15)33-14-17-8-10-27-22(28-17)29-34(3,30)31/h4-8,10,12-13H,9,11,14H2,1-3H3,(H,27,28,29). The summed E-state index contributed by atoms with van der Waals surface area (Å²) in [6, 6.07) is 11.2. The summed E-state index contributed by atoms with van der Waals surface area (Å²) in [5.41, 5.74) is 1.04. The van der Waals surface area contributed by atoms with Crippen LogP contribution >= 0.6 is 11.6 Å². The van der Waals surface area contributed by atoms with E-state index in [4.69, 9.17) is 21.1 Å².